The van der Waals surface area contributed by atoms with Crippen LogP contribution in [0.3, 0.4) is 0 Å². The van der Waals surface area contributed by atoms with E-state index in [-0.39, 0.29) is 5.91 Å². The maximum atomic E-state index is 12.2. The Labute approximate surface area is 107 Å². The molecule has 0 spiro atoms. The maximum absolute atomic E-state index is 12.2. The van der Waals surface area contributed by atoms with Crippen LogP contribution in [0, 0.1) is 0 Å². The van der Waals surface area contributed by atoms with Gasteiger partial charge in [-0.05, 0) is 24.6 Å². The van der Waals surface area contributed by atoms with Crippen molar-refractivity contribution in [2.45, 2.75) is 13.3 Å². The number of benzene rings is 1. The van der Waals surface area contributed by atoms with E-state index in [0.29, 0.717) is 29.4 Å². The van der Waals surface area contributed by atoms with Gasteiger partial charge in [0.15, 0.2) is 0 Å². The molecule has 1 aromatic rings. The van der Waals surface area contributed by atoms with Gasteiger partial charge in [0, 0.05) is 23.8 Å². The van der Waals surface area contributed by atoms with Gasteiger partial charge in [-0.1, -0.05) is 24.6 Å². The van der Waals surface area contributed by atoms with Gasteiger partial charge in [-0.3, -0.25) is 4.79 Å². The van der Waals surface area contributed by atoms with E-state index in [9.17, 15) is 4.79 Å². The van der Waals surface area contributed by atoms with Crippen LogP contribution in [-0.4, -0.2) is 23.9 Å². The Kier molecular flexibility index (Phi) is 5.04. The third-order valence-corrected chi connectivity index (χ3v) is 2.61. The largest absolute Gasteiger partial charge is 0.398 e. The fourth-order valence-electron chi connectivity index (χ4n) is 1.60. The zero-order valence-electron chi connectivity index (χ0n) is 9.95. The highest BCUT2D eigenvalue weighted by Crippen LogP contribution is 2.19. The van der Waals surface area contributed by atoms with Crippen molar-refractivity contribution in [1.82, 2.24) is 4.90 Å². The van der Waals surface area contributed by atoms with Crippen molar-refractivity contribution in [2.24, 2.45) is 0 Å². The number of nitrogen functional groups attached to an aromatic ring is 1. The third kappa shape index (κ3) is 3.49. The molecule has 0 aliphatic heterocycles. The summed E-state index contributed by atoms with van der Waals surface area (Å²) >= 11 is 5.80. The van der Waals surface area contributed by atoms with Crippen LogP contribution in [0.25, 0.3) is 0 Å². The lowest BCUT2D eigenvalue weighted by Gasteiger charge is -2.21. The Morgan fingerprint density at radius 1 is 1.59 bits per heavy atom. The van der Waals surface area contributed by atoms with E-state index in [1.54, 1.807) is 29.2 Å². The highest BCUT2D eigenvalue weighted by molar-refractivity contribution is 6.31. The van der Waals surface area contributed by atoms with Crippen LogP contribution < -0.4 is 5.73 Å². The van der Waals surface area contributed by atoms with Crippen molar-refractivity contribution in [1.29, 1.82) is 0 Å². The van der Waals surface area contributed by atoms with Gasteiger partial charge in [-0.25, -0.2) is 0 Å². The van der Waals surface area contributed by atoms with Gasteiger partial charge in [0.1, 0.15) is 0 Å². The summed E-state index contributed by atoms with van der Waals surface area (Å²) in [5.41, 5.74) is 6.69. The average molecular weight is 253 g/mol. The summed E-state index contributed by atoms with van der Waals surface area (Å²) in [5.74, 6) is -0.0825. The number of nitrogens with zero attached hydrogens (tertiary/aromatic N) is 1. The molecule has 1 rings (SSSR count). The molecule has 1 aromatic carbocycles. The van der Waals surface area contributed by atoms with Crippen LogP contribution in [0.15, 0.2) is 30.9 Å². The monoisotopic (exact) mass is 252 g/mol. The number of hydrogen-bond acceptors (Lipinski definition) is 2. The van der Waals surface area contributed by atoms with Crippen molar-refractivity contribution in [3.8, 4) is 0 Å². The van der Waals surface area contributed by atoms with Crippen molar-refractivity contribution in [2.75, 3.05) is 18.8 Å². The van der Waals surface area contributed by atoms with Crippen LogP contribution in [-0.2, 0) is 0 Å². The Balaban J connectivity index is 2.96. The lowest BCUT2D eigenvalue weighted by molar-refractivity contribution is 0.0775. The molecule has 0 fully saturated rings. The number of amides is 1. The van der Waals surface area contributed by atoms with Gasteiger partial charge >= 0.3 is 0 Å². The first-order valence-corrected chi connectivity index (χ1v) is 5.93. The van der Waals surface area contributed by atoms with E-state index in [4.69, 9.17) is 17.3 Å². The van der Waals surface area contributed by atoms with E-state index in [1.165, 1.54) is 0 Å². The van der Waals surface area contributed by atoms with Crippen LogP contribution in [0.4, 0.5) is 5.69 Å². The molecule has 0 aliphatic carbocycles. The number of carbonyl (C=O) groups is 1. The topological polar surface area (TPSA) is 46.3 Å². The SMILES string of the molecule is C=CCN(CCC)C(=O)c1ccc(Cl)cc1N. The lowest BCUT2D eigenvalue weighted by Crippen LogP contribution is -2.32. The number of nitrogens with two attached hydrogens (primary N) is 1. The Morgan fingerprint density at radius 2 is 2.29 bits per heavy atom. The smallest absolute Gasteiger partial charge is 0.256 e. The van der Waals surface area contributed by atoms with E-state index in [2.05, 4.69) is 6.58 Å². The summed E-state index contributed by atoms with van der Waals surface area (Å²) in [6.45, 7) is 6.88. The maximum Gasteiger partial charge on any atom is 0.256 e. The molecule has 0 saturated carbocycles. The van der Waals surface area contributed by atoms with E-state index in [0.717, 1.165) is 6.42 Å². The first kappa shape index (κ1) is 13.6. The van der Waals surface area contributed by atoms with Gasteiger partial charge in [-0.2, -0.15) is 0 Å². The molecular formula is C13H17ClN2O. The molecule has 17 heavy (non-hydrogen) atoms. The summed E-state index contributed by atoms with van der Waals surface area (Å²) in [6.07, 6.45) is 2.60. The molecule has 0 heterocycles. The fourth-order valence-corrected chi connectivity index (χ4v) is 1.78. The van der Waals surface area contributed by atoms with E-state index in [1.807, 2.05) is 6.92 Å². The predicted molar refractivity (Wildman–Crippen MR) is 72.3 cm³/mol. The quantitative estimate of drug-likeness (QED) is 0.647. The molecule has 0 bridgehead atoms. The molecular weight excluding hydrogens is 236 g/mol. The Bertz CT molecular complexity index is 418. The fraction of sp³-hybridized carbons (Fsp3) is 0.308. The molecule has 0 aliphatic rings. The summed E-state index contributed by atoms with van der Waals surface area (Å²) in [4.78, 5) is 13.9. The van der Waals surface area contributed by atoms with Gasteiger partial charge in [0.05, 0.1) is 5.56 Å². The van der Waals surface area contributed by atoms with E-state index >= 15 is 0 Å². The first-order chi connectivity index (χ1) is 8.10. The molecule has 0 unspecified atom stereocenters. The molecule has 0 saturated heterocycles. The minimum Gasteiger partial charge on any atom is -0.398 e. The van der Waals surface area contributed by atoms with Gasteiger partial charge < -0.3 is 10.6 Å². The second-order valence-corrected chi connectivity index (χ2v) is 4.21. The number of carbonyl (C=O) groups excluding carboxylic acids is 1. The first-order valence-electron chi connectivity index (χ1n) is 5.55. The summed E-state index contributed by atoms with van der Waals surface area (Å²) in [7, 11) is 0. The molecule has 0 aromatic heterocycles. The minimum absolute atomic E-state index is 0.0825. The minimum atomic E-state index is -0.0825. The number of anilines is 1. The molecule has 1 amide bonds. The van der Waals surface area contributed by atoms with Crippen molar-refractivity contribution in [3.63, 3.8) is 0 Å². The van der Waals surface area contributed by atoms with Gasteiger partial charge in [0.2, 0.25) is 0 Å². The highest BCUT2D eigenvalue weighted by Gasteiger charge is 2.16. The standard InChI is InChI=1S/C13H17ClN2O/c1-3-7-16(8-4-2)13(17)11-6-5-10(14)9-12(11)15/h3,5-6,9H,1,4,7-8,15H2,2H3. The normalized spacial score (nSPS) is 10.0. The number of rotatable bonds is 5. The van der Waals surface area contributed by atoms with Crippen LogP contribution in [0.2, 0.25) is 5.02 Å². The summed E-state index contributed by atoms with van der Waals surface area (Å²) in [5, 5.41) is 0.532. The van der Waals surface area contributed by atoms with Crippen molar-refractivity contribution < 1.29 is 4.79 Å². The zero-order valence-corrected chi connectivity index (χ0v) is 10.7. The summed E-state index contributed by atoms with van der Waals surface area (Å²) < 4.78 is 0. The molecule has 3 nitrogen and oxygen atoms in total. The molecule has 4 heteroatoms. The average Bonchev–Trinajstić information content (AvgIpc) is 2.28. The predicted octanol–water partition coefficient (Wildman–Crippen LogP) is 2.96. The van der Waals surface area contributed by atoms with Crippen molar-refractivity contribution >= 4 is 23.2 Å². The van der Waals surface area contributed by atoms with Gasteiger partial charge in [-0.15, -0.1) is 6.58 Å². The number of halogens is 1. The molecule has 0 radical (unpaired) electrons. The van der Waals surface area contributed by atoms with Crippen LogP contribution in [0.1, 0.15) is 23.7 Å². The zero-order chi connectivity index (χ0) is 12.8. The third-order valence-electron chi connectivity index (χ3n) is 2.37. The van der Waals surface area contributed by atoms with E-state index < -0.39 is 0 Å². The second-order valence-electron chi connectivity index (χ2n) is 3.77. The molecule has 0 atom stereocenters. The summed E-state index contributed by atoms with van der Waals surface area (Å²) in [6, 6.07) is 4.92. The second kappa shape index (κ2) is 6.30. The van der Waals surface area contributed by atoms with Crippen LogP contribution in [0.5, 0.6) is 0 Å². The number of hydrogen-bond donors (Lipinski definition) is 1. The lowest BCUT2D eigenvalue weighted by atomic mass is 10.1. The molecule has 92 valence electrons. The Morgan fingerprint density at radius 3 is 2.82 bits per heavy atom. The Hall–Kier alpha value is -1.48. The highest BCUT2D eigenvalue weighted by atomic mass is 35.5. The van der Waals surface area contributed by atoms with Gasteiger partial charge in [0.25, 0.3) is 5.91 Å². The van der Waals surface area contributed by atoms with Crippen molar-refractivity contribution in [3.05, 3.63) is 41.4 Å². The molecule has 2 N–H and O–H groups in total. The van der Waals surface area contributed by atoms with Crippen LogP contribution >= 0.6 is 11.6 Å².